The van der Waals surface area contributed by atoms with E-state index in [1.54, 1.807) is 0 Å². The number of carbonyl (C=O) groups excluding carboxylic acids is 1. The van der Waals surface area contributed by atoms with Gasteiger partial charge in [-0.15, -0.1) is 0 Å². The first-order valence-corrected chi connectivity index (χ1v) is 10.4. The molecule has 0 spiro atoms. The number of imidazole rings is 1. The highest BCUT2D eigenvalue weighted by atomic mass is 16.2. The maximum atomic E-state index is 12.9. The van der Waals surface area contributed by atoms with Crippen molar-refractivity contribution < 1.29 is 4.79 Å². The van der Waals surface area contributed by atoms with E-state index in [0.717, 1.165) is 43.6 Å². The number of benzene rings is 2. The summed E-state index contributed by atoms with van der Waals surface area (Å²) in [6, 6.07) is 16.6. The summed E-state index contributed by atoms with van der Waals surface area (Å²) < 4.78 is 4.37. The number of amides is 1. The third kappa shape index (κ3) is 3.41. The second-order valence-corrected chi connectivity index (χ2v) is 8.17. The summed E-state index contributed by atoms with van der Waals surface area (Å²) in [5, 5.41) is 1.19. The highest BCUT2D eigenvalue weighted by molar-refractivity contribution is 5.89. The average molecular weight is 386 g/mol. The third-order valence-electron chi connectivity index (χ3n) is 6.27. The Morgan fingerprint density at radius 3 is 2.59 bits per heavy atom. The van der Waals surface area contributed by atoms with Crippen LogP contribution in [0.25, 0.3) is 21.9 Å². The van der Waals surface area contributed by atoms with Crippen molar-refractivity contribution in [2.75, 3.05) is 13.1 Å². The van der Waals surface area contributed by atoms with Crippen LogP contribution in [0.15, 0.2) is 61.1 Å². The Kier molecular flexibility index (Phi) is 4.58. The maximum absolute atomic E-state index is 12.9. The van der Waals surface area contributed by atoms with Crippen LogP contribution in [-0.2, 0) is 24.8 Å². The van der Waals surface area contributed by atoms with Crippen LogP contribution in [0.5, 0.6) is 0 Å². The largest absolute Gasteiger partial charge is 0.350 e. The second-order valence-electron chi connectivity index (χ2n) is 8.17. The van der Waals surface area contributed by atoms with Gasteiger partial charge in [-0.2, -0.15) is 0 Å². The van der Waals surface area contributed by atoms with E-state index in [2.05, 4.69) is 50.6 Å². The fraction of sp³-hybridized carbons (Fsp3) is 0.333. The summed E-state index contributed by atoms with van der Waals surface area (Å²) in [7, 11) is 2.04. The zero-order valence-electron chi connectivity index (χ0n) is 16.8. The van der Waals surface area contributed by atoms with Crippen LogP contribution in [0.2, 0.25) is 0 Å². The molecule has 1 saturated heterocycles. The Bertz CT molecular complexity index is 1160. The molecule has 0 atom stereocenters. The Labute approximate surface area is 170 Å². The molecule has 5 heteroatoms. The lowest BCUT2D eigenvalue weighted by Gasteiger charge is -2.32. The predicted molar refractivity (Wildman–Crippen MR) is 116 cm³/mol. The SMILES string of the molecule is Cn1cc(CC(=O)N2CCC(Cn3cnc4ccccc43)CC2)c2ccccc21. The molecule has 0 aliphatic carbocycles. The predicted octanol–water partition coefficient (Wildman–Crippen LogP) is 4.01. The molecule has 0 saturated carbocycles. The van der Waals surface area contributed by atoms with Gasteiger partial charge in [-0.05, 0) is 42.5 Å². The summed E-state index contributed by atoms with van der Waals surface area (Å²) in [4.78, 5) is 19.5. The Balaban J connectivity index is 1.22. The molecule has 29 heavy (non-hydrogen) atoms. The van der Waals surface area contributed by atoms with Gasteiger partial charge in [0, 0.05) is 43.8 Å². The molecule has 0 unspecified atom stereocenters. The molecule has 2 aromatic carbocycles. The fourth-order valence-electron chi connectivity index (χ4n) is 4.64. The van der Waals surface area contributed by atoms with E-state index in [4.69, 9.17) is 0 Å². The van der Waals surface area contributed by atoms with Gasteiger partial charge in [-0.25, -0.2) is 4.98 Å². The van der Waals surface area contributed by atoms with Gasteiger partial charge in [0.15, 0.2) is 0 Å². The standard InChI is InChI=1S/C24H26N4O/c1-26-16-19(20-6-2-4-8-22(20)26)14-24(29)27-12-10-18(11-13-27)15-28-17-25-21-7-3-5-9-23(21)28/h2-9,16-18H,10-15H2,1H3. The van der Waals surface area contributed by atoms with E-state index in [-0.39, 0.29) is 5.91 Å². The van der Waals surface area contributed by atoms with Crippen LogP contribution in [-0.4, -0.2) is 38.0 Å². The minimum absolute atomic E-state index is 0.243. The van der Waals surface area contributed by atoms with Crippen molar-refractivity contribution in [3.8, 4) is 0 Å². The van der Waals surface area contributed by atoms with Crippen LogP contribution in [0.1, 0.15) is 18.4 Å². The van der Waals surface area contributed by atoms with Gasteiger partial charge in [0.1, 0.15) is 0 Å². The summed E-state index contributed by atoms with van der Waals surface area (Å²) in [5.74, 6) is 0.835. The van der Waals surface area contributed by atoms with Gasteiger partial charge < -0.3 is 14.0 Å². The van der Waals surface area contributed by atoms with Crippen LogP contribution < -0.4 is 0 Å². The van der Waals surface area contributed by atoms with Gasteiger partial charge in [0.25, 0.3) is 0 Å². The Morgan fingerprint density at radius 1 is 1.03 bits per heavy atom. The number of likely N-dealkylation sites (tertiary alicyclic amines) is 1. The highest BCUT2D eigenvalue weighted by Gasteiger charge is 2.24. The van der Waals surface area contributed by atoms with E-state index in [0.29, 0.717) is 12.3 Å². The molecule has 1 aliphatic heterocycles. The lowest BCUT2D eigenvalue weighted by molar-refractivity contribution is -0.131. The molecule has 148 valence electrons. The normalized spacial score (nSPS) is 15.4. The number of hydrogen-bond donors (Lipinski definition) is 0. The summed E-state index contributed by atoms with van der Waals surface area (Å²) in [6.45, 7) is 2.67. The Hall–Kier alpha value is -3.08. The van der Waals surface area contributed by atoms with Crippen LogP contribution in [0.3, 0.4) is 0 Å². The average Bonchev–Trinajstić information content (AvgIpc) is 3.30. The van der Waals surface area contributed by atoms with Gasteiger partial charge in [-0.3, -0.25) is 4.79 Å². The lowest BCUT2D eigenvalue weighted by Crippen LogP contribution is -2.40. The molecule has 0 N–H and O–H groups in total. The molecule has 5 nitrogen and oxygen atoms in total. The monoisotopic (exact) mass is 386 g/mol. The number of rotatable bonds is 4. The van der Waals surface area contributed by atoms with E-state index < -0.39 is 0 Å². The zero-order valence-corrected chi connectivity index (χ0v) is 16.8. The van der Waals surface area contributed by atoms with Crippen molar-refractivity contribution in [2.24, 2.45) is 13.0 Å². The quantitative estimate of drug-likeness (QED) is 0.532. The summed E-state index contributed by atoms with van der Waals surface area (Å²) >= 11 is 0. The van der Waals surface area contributed by atoms with Crippen molar-refractivity contribution in [1.82, 2.24) is 19.0 Å². The maximum Gasteiger partial charge on any atom is 0.227 e. The Morgan fingerprint density at radius 2 is 1.76 bits per heavy atom. The minimum Gasteiger partial charge on any atom is -0.350 e. The first-order valence-electron chi connectivity index (χ1n) is 10.4. The molecule has 0 radical (unpaired) electrons. The van der Waals surface area contributed by atoms with E-state index in [1.165, 1.54) is 16.4 Å². The number of fused-ring (bicyclic) bond motifs is 2. The summed E-state index contributed by atoms with van der Waals surface area (Å²) in [5.41, 5.74) is 4.55. The molecular weight excluding hydrogens is 360 g/mol. The molecule has 5 rings (SSSR count). The second kappa shape index (κ2) is 7.39. The minimum atomic E-state index is 0.243. The number of hydrogen-bond acceptors (Lipinski definition) is 2. The fourth-order valence-corrected chi connectivity index (χ4v) is 4.64. The molecule has 4 aromatic rings. The van der Waals surface area contributed by atoms with Crippen LogP contribution >= 0.6 is 0 Å². The van der Waals surface area contributed by atoms with Crippen molar-refractivity contribution in [1.29, 1.82) is 0 Å². The molecular formula is C24H26N4O. The number of para-hydroxylation sites is 3. The van der Waals surface area contributed by atoms with Crippen molar-refractivity contribution in [3.05, 3.63) is 66.6 Å². The van der Waals surface area contributed by atoms with Crippen molar-refractivity contribution >= 4 is 27.8 Å². The van der Waals surface area contributed by atoms with E-state index in [1.807, 2.05) is 36.5 Å². The number of piperidine rings is 1. The number of aromatic nitrogens is 3. The van der Waals surface area contributed by atoms with Gasteiger partial charge in [-0.1, -0.05) is 30.3 Å². The topological polar surface area (TPSA) is 43.1 Å². The molecule has 3 heterocycles. The number of aryl methyl sites for hydroxylation is 1. The first kappa shape index (κ1) is 18.0. The van der Waals surface area contributed by atoms with Crippen LogP contribution in [0.4, 0.5) is 0 Å². The highest BCUT2D eigenvalue weighted by Crippen LogP contribution is 2.24. The van der Waals surface area contributed by atoms with Crippen LogP contribution in [0, 0.1) is 5.92 Å². The van der Waals surface area contributed by atoms with E-state index >= 15 is 0 Å². The van der Waals surface area contributed by atoms with E-state index in [9.17, 15) is 4.79 Å². The van der Waals surface area contributed by atoms with Gasteiger partial charge >= 0.3 is 0 Å². The molecule has 1 amide bonds. The third-order valence-corrected chi connectivity index (χ3v) is 6.27. The number of nitrogens with zero attached hydrogens (tertiary/aromatic N) is 4. The molecule has 1 aliphatic rings. The first-order chi connectivity index (χ1) is 14.2. The van der Waals surface area contributed by atoms with Crippen molar-refractivity contribution in [3.63, 3.8) is 0 Å². The van der Waals surface area contributed by atoms with Gasteiger partial charge in [0.2, 0.25) is 5.91 Å². The lowest BCUT2D eigenvalue weighted by atomic mass is 9.96. The smallest absolute Gasteiger partial charge is 0.227 e. The molecule has 0 bridgehead atoms. The van der Waals surface area contributed by atoms with Crippen molar-refractivity contribution in [2.45, 2.75) is 25.8 Å². The molecule has 2 aromatic heterocycles. The summed E-state index contributed by atoms with van der Waals surface area (Å²) in [6.07, 6.45) is 6.63. The zero-order chi connectivity index (χ0) is 19.8. The molecule has 1 fully saturated rings. The van der Waals surface area contributed by atoms with Gasteiger partial charge in [0.05, 0.1) is 23.8 Å². The number of carbonyl (C=O) groups is 1.